The molecule has 19 heavy (non-hydrogen) atoms. The summed E-state index contributed by atoms with van der Waals surface area (Å²) >= 11 is 0. The molecule has 0 saturated carbocycles. The molecule has 1 aromatic heterocycles. The Balaban J connectivity index is 2.29. The number of anilines is 2. The normalized spacial score (nSPS) is 19.3. The van der Waals surface area contributed by atoms with Crippen molar-refractivity contribution in [1.82, 2.24) is 9.97 Å². The second-order valence-electron chi connectivity index (χ2n) is 5.67. The Hall–Kier alpha value is -1.36. The van der Waals surface area contributed by atoms with Crippen LogP contribution in [0.2, 0.25) is 0 Å². The molecule has 5 nitrogen and oxygen atoms in total. The Morgan fingerprint density at radius 3 is 2.68 bits per heavy atom. The van der Waals surface area contributed by atoms with E-state index in [0.29, 0.717) is 0 Å². The van der Waals surface area contributed by atoms with Gasteiger partial charge in [0.1, 0.15) is 17.5 Å². The van der Waals surface area contributed by atoms with Crippen molar-refractivity contribution in [2.24, 2.45) is 17.7 Å². The average molecular weight is 263 g/mol. The predicted molar refractivity (Wildman–Crippen MR) is 79.1 cm³/mol. The maximum absolute atomic E-state index is 5.56. The molecule has 0 spiro atoms. The molecule has 1 aliphatic rings. The molecule has 1 fully saturated rings. The van der Waals surface area contributed by atoms with Crippen LogP contribution in [-0.2, 0) is 6.42 Å². The lowest BCUT2D eigenvalue weighted by Gasteiger charge is -2.22. The quantitative estimate of drug-likeness (QED) is 0.643. The van der Waals surface area contributed by atoms with Gasteiger partial charge in [-0.15, -0.1) is 0 Å². The smallest absolute Gasteiger partial charge is 0.148 e. The first kappa shape index (κ1) is 14.1. The molecule has 0 aromatic carbocycles. The highest BCUT2D eigenvalue weighted by molar-refractivity contribution is 5.58. The first-order valence-electron chi connectivity index (χ1n) is 7.15. The van der Waals surface area contributed by atoms with E-state index in [0.717, 1.165) is 54.4 Å². The molecule has 1 saturated heterocycles. The molecule has 1 atom stereocenters. The Labute approximate surface area is 115 Å². The van der Waals surface area contributed by atoms with Gasteiger partial charge >= 0.3 is 0 Å². The molecule has 1 aromatic rings. The van der Waals surface area contributed by atoms with Crippen molar-refractivity contribution in [2.45, 2.75) is 40.5 Å². The van der Waals surface area contributed by atoms with Gasteiger partial charge in [0.2, 0.25) is 0 Å². The van der Waals surface area contributed by atoms with Crippen molar-refractivity contribution in [3.63, 3.8) is 0 Å². The third kappa shape index (κ3) is 2.81. The van der Waals surface area contributed by atoms with Crippen LogP contribution in [0.5, 0.6) is 0 Å². The van der Waals surface area contributed by atoms with E-state index in [1.807, 2.05) is 6.92 Å². The Bertz CT molecular complexity index is 444. The van der Waals surface area contributed by atoms with Gasteiger partial charge in [-0.25, -0.2) is 15.8 Å². The van der Waals surface area contributed by atoms with Crippen LogP contribution in [0.15, 0.2) is 0 Å². The third-order valence-electron chi connectivity index (χ3n) is 4.09. The lowest BCUT2D eigenvalue weighted by atomic mass is 9.95. The summed E-state index contributed by atoms with van der Waals surface area (Å²) in [4.78, 5) is 11.5. The number of hydrogen-bond acceptors (Lipinski definition) is 5. The van der Waals surface area contributed by atoms with Crippen molar-refractivity contribution in [2.75, 3.05) is 23.4 Å². The summed E-state index contributed by atoms with van der Waals surface area (Å²) in [6.07, 6.45) is 2.07. The van der Waals surface area contributed by atoms with E-state index in [1.165, 1.54) is 6.42 Å². The number of nitrogens with two attached hydrogens (primary N) is 1. The van der Waals surface area contributed by atoms with Crippen molar-refractivity contribution in [1.29, 1.82) is 0 Å². The first-order valence-corrected chi connectivity index (χ1v) is 7.15. The van der Waals surface area contributed by atoms with Crippen LogP contribution >= 0.6 is 0 Å². The van der Waals surface area contributed by atoms with Gasteiger partial charge in [0.05, 0.1) is 0 Å². The second-order valence-corrected chi connectivity index (χ2v) is 5.67. The van der Waals surface area contributed by atoms with Crippen LogP contribution in [0, 0.1) is 18.8 Å². The van der Waals surface area contributed by atoms with Gasteiger partial charge in [-0.3, -0.25) is 0 Å². The summed E-state index contributed by atoms with van der Waals surface area (Å²) in [5, 5.41) is 0. The van der Waals surface area contributed by atoms with Crippen LogP contribution in [0.3, 0.4) is 0 Å². The van der Waals surface area contributed by atoms with Crippen LogP contribution in [0.1, 0.15) is 38.6 Å². The number of nitrogens with zero attached hydrogens (tertiary/aromatic N) is 3. The van der Waals surface area contributed by atoms with Gasteiger partial charge in [-0.1, -0.05) is 20.8 Å². The summed E-state index contributed by atoms with van der Waals surface area (Å²) < 4.78 is 0. The lowest BCUT2D eigenvalue weighted by Crippen LogP contribution is -2.25. The molecular formula is C14H25N5. The number of nitrogens with one attached hydrogen (secondary N) is 1. The summed E-state index contributed by atoms with van der Waals surface area (Å²) in [5.41, 5.74) is 3.74. The first-order chi connectivity index (χ1) is 9.06. The van der Waals surface area contributed by atoms with Gasteiger partial charge in [0, 0.05) is 25.1 Å². The minimum absolute atomic E-state index is 0.727. The fraction of sp³-hybridized carbons (Fsp3) is 0.714. The minimum atomic E-state index is 0.727. The molecule has 3 N–H and O–H groups in total. The number of aromatic nitrogens is 2. The lowest BCUT2D eigenvalue weighted by molar-refractivity contribution is 0.422. The van der Waals surface area contributed by atoms with Gasteiger partial charge in [-0.2, -0.15) is 0 Å². The van der Waals surface area contributed by atoms with Gasteiger partial charge in [0.25, 0.3) is 0 Å². The van der Waals surface area contributed by atoms with E-state index in [1.54, 1.807) is 0 Å². The zero-order valence-electron chi connectivity index (χ0n) is 12.4. The largest absolute Gasteiger partial charge is 0.356 e. The number of nitrogen functional groups attached to an aromatic ring is 1. The van der Waals surface area contributed by atoms with Crippen LogP contribution < -0.4 is 16.2 Å². The van der Waals surface area contributed by atoms with E-state index in [9.17, 15) is 0 Å². The molecule has 5 heteroatoms. The fourth-order valence-corrected chi connectivity index (χ4v) is 2.68. The van der Waals surface area contributed by atoms with E-state index >= 15 is 0 Å². The Kier molecular flexibility index (Phi) is 4.24. The summed E-state index contributed by atoms with van der Waals surface area (Å²) in [6, 6.07) is 0. The average Bonchev–Trinajstić information content (AvgIpc) is 2.88. The third-order valence-corrected chi connectivity index (χ3v) is 4.09. The number of hydrazine groups is 1. The topological polar surface area (TPSA) is 67.1 Å². The van der Waals surface area contributed by atoms with E-state index in [2.05, 4.69) is 36.1 Å². The van der Waals surface area contributed by atoms with Crippen molar-refractivity contribution >= 4 is 11.6 Å². The van der Waals surface area contributed by atoms with E-state index < -0.39 is 0 Å². The van der Waals surface area contributed by atoms with Crippen molar-refractivity contribution in [3.05, 3.63) is 11.4 Å². The molecule has 2 rings (SSSR count). The van der Waals surface area contributed by atoms with Crippen LogP contribution in [0.25, 0.3) is 0 Å². The van der Waals surface area contributed by atoms with Crippen molar-refractivity contribution < 1.29 is 0 Å². The molecule has 0 bridgehead atoms. The number of aryl methyl sites for hydroxylation is 1. The predicted octanol–water partition coefficient (Wildman–Crippen LogP) is 2.12. The molecule has 106 valence electrons. The summed E-state index contributed by atoms with van der Waals surface area (Å²) in [7, 11) is 0. The van der Waals surface area contributed by atoms with Crippen molar-refractivity contribution in [3.8, 4) is 0 Å². The Morgan fingerprint density at radius 1 is 1.42 bits per heavy atom. The van der Waals surface area contributed by atoms with Crippen LogP contribution in [0.4, 0.5) is 11.6 Å². The van der Waals surface area contributed by atoms with Gasteiger partial charge in [0.15, 0.2) is 0 Å². The maximum Gasteiger partial charge on any atom is 0.148 e. The molecule has 0 radical (unpaired) electrons. The highest BCUT2D eigenvalue weighted by atomic mass is 15.3. The molecule has 1 unspecified atom stereocenters. The molecular weight excluding hydrogens is 238 g/mol. The zero-order valence-corrected chi connectivity index (χ0v) is 12.4. The highest BCUT2D eigenvalue weighted by Gasteiger charge is 2.27. The standard InChI is InChI=1S/C14H25N5/c1-5-12-16-13(18-15)10(4)14(17-12)19-7-6-11(8-19)9(2)3/h9,11H,5-8,15H2,1-4H3,(H,16,17,18). The maximum atomic E-state index is 5.56. The number of rotatable bonds is 4. The fourth-order valence-electron chi connectivity index (χ4n) is 2.68. The second kappa shape index (κ2) is 5.74. The van der Waals surface area contributed by atoms with Gasteiger partial charge < -0.3 is 10.3 Å². The molecule has 0 aliphatic carbocycles. The summed E-state index contributed by atoms with van der Waals surface area (Å²) in [5.74, 6) is 9.68. The highest BCUT2D eigenvalue weighted by Crippen LogP contribution is 2.31. The SMILES string of the molecule is CCc1nc(NN)c(C)c(N2CCC(C(C)C)C2)n1. The monoisotopic (exact) mass is 263 g/mol. The van der Waals surface area contributed by atoms with Crippen LogP contribution in [-0.4, -0.2) is 23.1 Å². The Morgan fingerprint density at radius 2 is 2.16 bits per heavy atom. The minimum Gasteiger partial charge on any atom is -0.356 e. The number of hydrogen-bond donors (Lipinski definition) is 2. The molecule has 2 heterocycles. The van der Waals surface area contributed by atoms with Gasteiger partial charge in [-0.05, 0) is 25.2 Å². The summed E-state index contributed by atoms with van der Waals surface area (Å²) in [6.45, 7) is 10.9. The van der Waals surface area contributed by atoms with E-state index in [4.69, 9.17) is 10.8 Å². The molecule has 1 aliphatic heterocycles. The zero-order chi connectivity index (χ0) is 14.0. The van der Waals surface area contributed by atoms with E-state index in [-0.39, 0.29) is 0 Å². The molecule has 0 amide bonds.